The number of nitro benzene ring substituents is 1. The van der Waals surface area contributed by atoms with Crippen LogP contribution >= 0.6 is 11.3 Å². The monoisotopic (exact) mass is 259 g/mol. The van der Waals surface area contributed by atoms with Crippen molar-refractivity contribution < 1.29 is 4.92 Å². The second-order valence-electron chi connectivity index (χ2n) is 3.91. The van der Waals surface area contributed by atoms with E-state index in [2.05, 4.69) is 4.98 Å². The van der Waals surface area contributed by atoms with Crippen molar-refractivity contribution in [1.29, 1.82) is 0 Å². The van der Waals surface area contributed by atoms with E-state index in [1.807, 2.05) is 23.0 Å². The van der Waals surface area contributed by atoms with E-state index in [0.717, 1.165) is 15.8 Å². The van der Waals surface area contributed by atoms with Crippen LogP contribution < -0.4 is 0 Å². The Morgan fingerprint density at radius 1 is 1.39 bits per heavy atom. The molecule has 0 amide bonds. The zero-order chi connectivity index (χ0) is 12.5. The highest BCUT2D eigenvalue weighted by molar-refractivity contribution is 7.09. The number of nitrogens with zero attached hydrogens (tertiary/aromatic N) is 3. The van der Waals surface area contributed by atoms with E-state index in [4.69, 9.17) is 0 Å². The highest BCUT2D eigenvalue weighted by atomic mass is 32.1. The molecule has 90 valence electrons. The van der Waals surface area contributed by atoms with Crippen molar-refractivity contribution in [1.82, 2.24) is 9.55 Å². The smallest absolute Gasteiger partial charge is 0.271 e. The van der Waals surface area contributed by atoms with Gasteiger partial charge in [0.05, 0.1) is 22.5 Å². The summed E-state index contributed by atoms with van der Waals surface area (Å²) in [4.78, 5) is 15.6. The van der Waals surface area contributed by atoms with Gasteiger partial charge in [-0.1, -0.05) is 0 Å². The Kier molecular flexibility index (Phi) is 2.56. The molecule has 0 saturated heterocycles. The Labute approximate surface area is 106 Å². The molecule has 0 spiro atoms. The molecule has 0 bridgehead atoms. The molecule has 1 aromatic carbocycles. The van der Waals surface area contributed by atoms with Gasteiger partial charge in [0.1, 0.15) is 0 Å². The molecule has 0 unspecified atom stereocenters. The molecule has 5 nitrogen and oxygen atoms in total. The first-order chi connectivity index (χ1) is 8.74. The van der Waals surface area contributed by atoms with Gasteiger partial charge in [0.15, 0.2) is 0 Å². The lowest BCUT2D eigenvalue weighted by molar-refractivity contribution is -0.384. The molecule has 0 aliphatic carbocycles. The Morgan fingerprint density at radius 2 is 2.28 bits per heavy atom. The van der Waals surface area contributed by atoms with Gasteiger partial charge in [-0.3, -0.25) is 15.1 Å². The topological polar surface area (TPSA) is 61.0 Å². The van der Waals surface area contributed by atoms with Crippen LogP contribution in [0.15, 0.2) is 42.2 Å². The van der Waals surface area contributed by atoms with Crippen LogP contribution in [0.4, 0.5) is 5.69 Å². The number of hydrogen-bond donors (Lipinski definition) is 0. The number of fused-ring (bicyclic) bond motifs is 1. The maximum absolute atomic E-state index is 10.8. The predicted octanol–water partition coefficient (Wildman–Crippen LogP) is 3.05. The third kappa shape index (κ3) is 1.86. The van der Waals surface area contributed by atoms with Gasteiger partial charge in [0, 0.05) is 34.8 Å². The van der Waals surface area contributed by atoms with Crippen molar-refractivity contribution in [3.63, 3.8) is 0 Å². The zero-order valence-electron chi connectivity index (χ0n) is 9.31. The van der Waals surface area contributed by atoms with Crippen molar-refractivity contribution in [3.8, 4) is 0 Å². The Bertz CT molecular complexity index is 703. The van der Waals surface area contributed by atoms with Crippen LogP contribution in [0.3, 0.4) is 0 Å². The molecule has 0 radical (unpaired) electrons. The number of hydrogen-bond acceptors (Lipinski definition) is 4. The molecule has 3 aromatic rings. The van der Waals surface area contributed by atoms with Crippen LogP contribution in [0.25, 0.3) is 10.9 Å². The summed E-state index contributed by atoms with van der Waals surface area (Å²) in [5.74, 6) is 0. The Balaban J connectivity index is 2.06. The van der Waals surface area contributed by atoms with E-state index >= 15 is 0 Å². The number of benzene rings is 1. The number of non-ortho nitro benzene ring substituents is 1. The molecular weight excluding hydrogens is 250 g/mol. The van der Waals surface area contributed by atoms with Crippen LogP contribution in [0, 0.1) is 10.1 Å². The zero-order valence-corrected chi connectivity index (χ0v) is 10.1. The summed E-state index contributed by atoms with van der Waals surface area (Å²) in [6.07, 6.45) is 3.75. The summed E-state index contributed by atoms with van der Waals surface area (Å²) < 4.78 is 2.00. The summed E-state index contributed by atoms with van der Waals surface area (Å²) >= 11 is 1.57. The van der Waals surface area contributed by atoms with Gasteiger partial charge >= 0.3 is 0 Å². The first kappa shape index (κ1) is 10.9. The average molecular weight is 259 g/mol. The highest BCUT2D eigenvalue weighted by Gasteiger charge is 2.09. The van der Waals surface area contributed by atoms with Gasteiger partial charge in [0.2, 0.25) is 0 Å². The van der Waals surface area contributed by atoms with Crippen LogP contribution in [-0.4, -0.2) is 14.5 Å². The van der Waals surface area contributed by atoms with E-state index in [-0.39, 0.29) is 10.6 Å². The molecule has 0 fully saturated rings. The van der Waals surface area contributed by atoms with Gasteiger partial charge in [0.25, 0.3) is 5.69 Å². The molecule has 2 heterocycles. The van der Waals surface area contributed by atoms with Gasteiger partial charge < -0.3 is 4.57 Å². The molecule has 2 aromatic heterocycles. The second-order valence-corrected chi connectivity index (χ2v) is 4.88. The van der Waals surface area contributed by atoms with E-state index in [9.17, 15) is 10.1 Å². The fraction of sp³-hybridized carbons (Fsp3) is 0.0833. The number of nitro groups is 1. The third-order valence-electron chi connectivity index (χ3n) is 2.78. The molecule has 0 aliphatic rings. The molecular formula is C12H9N3O2S. The van der Waals surface area contributed by atoms with Gasteiger partial charge in [-0.05, 0) is 12.1 Å². The fourth-order valence-electron chi connectivity index (χ4n) is 1.91. The minimum Gasteiger partial charge on any atom is -0.342 e. The Hall–Kier alpha value is -2.21. The SMILES string of the molecule is O=[N+]([O-])c1ccc2ccn(Cc3cncs3)c2c1. The summed E-state index contributed by atoms with van der Waals surface area (Å²) in [6.45, 7) is 0.690. The first-order valence-corrected chi connectivity index (χ1v) is 6.22. The van der Waals surface area contributed by atoms with Crippen molar-refractivity contribution >= 4 is 27.9 Å². The number of thiazole rings is 1. The minimum atomic E-state index is -0.372. The van der Waals surface area contributed by atoms with E-state index in [1.165, 1.54) is 6.07 Å². The van der Waals surface area contributed by atoms with Crippen LogP contribution in [0.2, 0.25) is 0 Å². The molecule has 0 saturated carbocycles. The normalized spacial score (nSPS) is 10.9. The van der Waals surface area contributed by atoms with Crippen molar-refractivity contribution in [2.24, 2.45) is 0 Å². The van der Waals surface area contributed by atoms with Crippen LogP contribution in [-0.2, 0) is 6.54 Å². The van der Waals surface area contributed by atoms with Crippen molar-refractivity contribution in [2.45, 2.75) is 6.54 Å². The van der Waals surface area contributed by atoms with Crippen LogP contribution in [0.1, 0.15) is 4.88 Å². The quantitative estimate of drug-likeness (QED) is 0.536. The van der Waals surface area contributed by atoms with E-state index in [1.54, 1.807) is 29.0 Å². The van der Waals surface area contributed by atoms with E-state index < -0.39 is 0 Å². The predicted molar refractivity (Wildman–Crippen MR) is 69.8 cm³/mol. The maximum atomic E-state index is 10.8. The fourth-order valence-corrected chi connectivity index (χ4v) is 2.50. The maximum Gasteiger partial charge on any atom is 0.271 e. The first-order valence-electron chi connectivity index (χ1n) is 5.35. The molecule has 0 N–H and O–H groups in total. The van der Waals surface area contributed by atoms with E-state index in [0.29, 0.717) is 6.54 Å². The summed E-state index contributed by atoms with van der Waals surface area (Å²) in [6, 6.07) is 6.87. The summed E-state index contributed by atoms with van der Waals surface area (Å²) in [5, 5.41) is 11.8. The second kappa shape index (κ2) is 4.23. The molecule has 3 rings (SSSR count). The van der Waals surface area contributed by atoms with Gasteiger partial charge in [-0.2, -0.15) is 0 Å². The lowest BCUT2D eigenvalue weighted by Crippen LogP contribution is -1.96. The third-order valence-corrected chi connectivity index (χ3v) is 3.54. The molecule has 0 atom stereocenters. The summed E-state index contributed by atoms with van der Waals surface area (Å²) in [7, 11) is 0. The van der Waals surface area contributed by atoms with Crippen molar-refractivity contribution in [3.05, 3.63) is 57.2 Å². The molecule has 0 aliphatic heterocycles. The van der Waals surface area contributed by atoms with Gasteiger partial charge in [-0.15, -0.1) is 11.3 Å². The molecule has 6 heteroatoms. The van der Waals surface area contributed by atoms with Crippen molar-refractivity contribution in [2.75, 3.05) is 0 Å². The van der Waals surface area contributed by atoms with Gasteiger partial charge in [-0.25, -0.2) is 0 Å². The standard InChI is InChI=1S/C12H9N3O2S/c16-15(17)10-2-1-9-3-4-14(12(9)5-10)7-11-6-13-8-18-11/h1-6,8H,7H2. The molecule has 18 heavy (non-hydrogen) atoms. The highest BCUT2D eigenvalue weighted by Crippen LogP contribution is 2.23. The Morgan fingerprint density at radius 3 is 3.00 bits per heavy atom. The largest absolute Gasteiger partial charge is 0.342 e. The summed E-state index contributed by atoms with van der Waals surface area (Å²) in [5.41, 5.74) is 2.77. The number of aromatic nitrogens is 2. The minimum absolute atomic E-state index is 0.117. The lowest BCUT2D eigenvalue weighted by atomic mass is 10.2. The number of rotatable bonds is 3. The lowest BCUT2D eigenvalue weighted by Gasteiger charge is -2.02. The van der Waals surface area contributed by atoms with Crippen LogP contribution in [0.5, 0.6) is 0 Å². The average Bonchev–Trinajstić information content (AvgIpc) is 2.99.